The van der Waals surface area contributed by atoms with Crippen LogP contribution in [0.4, 0.5) is 4.39 Å². The van der Waals surface area contributed by atoms with Gasteiger partial charge in [-0.2, -0.15) is 0 Å². The first-order valence-corrected chi connectivity index (χ1v) is 8.76. The lowest BCUT2D eigenvalue weighted by molar-refractivity contribution is -0.136. The number of hydrogen-bond acceptors (Lipinski definition) is 5. The summed E-state index contributed by atoms with van der Waals surface area (Å²) in [5, 5.41) is 0.839. The second-order valence-electron chi connectivity index (χ2n) is 5.77. The minimum Gasteiger partial charge on any atom is -0.482 e. The third kappa shape index (κ3) is 4.95. The largest absolute Gasteiger partial charge is 0.482 e. The summed E-state index contributed by atoms with van der Waals surface area (Å²) in [6.07, 6.45) is 3.36. The number of carbonyl (C=O) groups excluding carboxylic acids is 1. The first kappa shape index (κ1) is 18.7. The lowest BCUT2D eigenvalue weighted by Crippen LogP contribution is -2.46. The Balaban J connectivity index is 1.53. The molecule has 1 saturated heterocycles. The zero-order valence-corrected chi connectivity index (χ0v) is 15.2. The van der Waals surface area contributed by atoms with E-state index in [1.807, 2.05) is 0 Å². The fourth-order valence-corrected chi connectivity index (χ4v) is 3.06. The van der Waals surface area contributed by atoms with Crippen LogP contribution in [0.2, 0.25) is 10.0 Å². The van der Waals surface area contributed by atoms with E-state index in [1.54, 1.807) is 23.1 Å². The quantitative estimate of drug-likeness (QED) is 0.770. The second kappa shape index (κ2) is 8.51. The highest BCUT2D eigenvalue weighted by molar-refractivity contribution is 6.35. The molecule has 2 aromatic rings. The number of halogens is 3. The van der Waals surface area contributed by atoms with E-state index in [1.165, 1.54) is 0 Å². The van der Waals surface area contributed by atoms with Crippen molar-refractivity contribution in [2.24, 2.45) is 0 Å². The Bertz CT molecular complexity index is 776. The number of carbonyl (C=O) groups is 1. The summed E-state index contributed by atoms with van der Waals surface area (Å²) in [6.45, 7) is 0.860. The number of amides is 1. The van der Waals surface area contributed by atoms with Crippen LogP contribution >= 0.6 is 23.2 Å². The van der Waals surface area contributed by atoms with Crippen LogP contribution in [-0.2, 0) is 4.79 Å². The Morgan fingerprint density at radius 3 is 2.81 bits per heavy atom. The van der Waals surface area contributed by atoms with E-state index in [-0.39, 0.29) is 24.6 Å². The number of ether oxygens (including phenoxy) is 2. The molecule has 0 radical (unpaired) electrons. The minimum absolute atomic E-state index is 0.0925. The van der Waals surface area contributed by atoms with Gasteiger partial charge in [0.15, 0.2) is 12.4 Å². The number of benzene rings is 1. The second-order valence-corrected chi connectivity index (χ2v) is 6.61. The molecule has 0 saturated carbocycles. The summed E-state index contributed by atoms with van der Waals surface area (Å²) in [7, 11) is 0. The van der Waals surface area contributed by atoms with Crippen molar-refractivity contribution in [3.8, 4) is 11.8 Å². The molecule has 2 heterocycles. The highest BCUT2D eigenvalue weighted by Crippen LogP contribution is 2.27. The monoisotopic (exact) mass is 399 g/mol. The molecule has 1 aromatic heterocycles. The van der Waals surface area contributed by atoms with Gasteiger partial charge in [-0.25, -0.2) is 14.4 Å². The van der Waals surface area contributed by atoms with Gasteiger partial charge in [0.25, 0.3) is 5.91 Å². The van der Waals surface area contributed by atoms with Crippen molar-refractivity contribution < 1.29 is 18.7 Å². The van der Waals surface area contributed by atoms with Crippen LogP contribution in [0.25, 0.3) is 0 Å². The average molecular weight is 400 g/mol. The number of likely N-dealkylation sites (tertiary alicyclic amines) is 1. The topological polar surface area (TPSA) is 64.5 Å². The molecule has 0 N–H and O–H groups in total. The Labute approximate surface area is 159 Å². The fourth-order valence-electron chi connectivity index (χ4n) is 2.59. The van der Waals surface area contributed by atoms with Gasteiger partial charge in [0.05, 0.1) is 24.0 Å². The molecule has 1 aromatic carbocycles. The number of hydrogen-bond donors (Lipinski definition) is 0. The number of rotatable bonds is 5. The van der Waals surface area contributed by atoms with Crippen molar-refractivity contribution in [2.45, 2.75) is 18.9 Å². The van der Waals surface area contributed by atoms with Crippen LogP contribution in [-0.4, -0.2) is 46.6 Å². The van der Waals surface area contributed by atoms with Crippen LogP contribution in [0.1, 0.15) is 12.8 Å². The van der Waals surface area contributed by atoms with Gasteiger partial charge in [-0.1, -0.05) is 23.2 Å². The molecule has 3 rings (SSSR count). The summed E-state index contributed by atoms with van der Waals surface area (Å²) < 4.78 is 24.0. The molecule has 26 heavy (non-hydrogen) atoms. The molecule has 9 heteroatoms. The van der Waals surface area contributed by atoms with Crippen molar-refractivity contribution >= 4 is 29.1 Å². The summed E-state index contributed by atoms with van der Waals surface area (Å²) in [5.74, 6) is -0.311. The van der Waals surface area contributed by atoms with Gasteiger partial charge >= 0.3 is 6.01 Å². The normalized spacial score (nSPS) is 17.0. The SMILES string of the molecule is O=C(COc1ccc(Cl)cc1Cl)N1CCCC(Oc2ncc(F)cn2)C1. The maximum Gasteiger partial charge on any atom is 0.316 e. The van der Waals surface area contributed by atoms with E-state index < -0.39 is 5.82 Å². The van der Waals surface area contributed by atoms with E-state index in [0.29, 0.717) is 28.9 Å². The molecule has 1 fully saturated rings. The average Bonchev–Trinajstić information content (AvgIpc) is 2.63. The Morgan fingerprint density at radius 2 is 2.08 bits per heavy atom. The van der Waals surface area contributed by atoms with E-state index in [2.05, 4.69) is 9.97 Å². The molecule has 1 atom stereocenters. The van der Waals surface area contributed by atoms with Crippen molar-refractivity contribution in [1.82, 2.24) is 14.9 Å². The standard InChI is InChI=1S/C17H16Cl2FN3O3/c18-11-3-4-15(14(19)6-11)25-10-16(24)23-5-1-2-13(9-23)26-17-21-7-12(20)8-22-17/h3-4,6-8,13H,1-2,5,9-10H2. The Morgan fingerprint density at radius 1 is 1.31 bits per heavy atom. The van der Waals surface area contributed by atoms with Crippen LogP contribution in [0, 0.1) is 5.82 Å². The predicted octanol–water partition coefficient (Wildman–Crippen LogP) is 3.37. The van der Waals surface area contributed by atoms with Crippen molar-refractivity contribution in [1.29, 1.82) is 0 Å². The molecule has 1 amide bonds. The Kier molecular flexibility index (Phi) is 6.11. The molecule has 1 unspecified atom stereocenters. The van der Waals surface area contributed by atoms with Gasteiger partial charge in [0.2, 0.25) is 0 Å². The molecule has 6 nitrogen and oxygen atoms in total. The predicted molar refractivity (Wildman–Crippen MR) is 94.2 cm³/mol. The maximum absolute atomic E-state index is 12.8. The first-order valence-electron chi connectivity index (χ1n) is 8.01. The van der Waals surface area contributed by atoms with Crippen LogP contribution in [0.3, 0.4) is 0 Å². The van der Waals surface area contributed by atoms with Gasteiger partial charge in [-0.05, 0) is 31.0 Å². The minimum atomic E-state index is -0.532. The van der Waals surface area contributed by atoms with E-state index >= 15 is 0 Å². The zero-order chi connectivity index (χ0) is 18.5. The Hall–Kier alpha value is -2.12. The molecular formula is C17H16Cl2FN3O3. The summed E-state index contributed by atoms with van der Waals surface area (Å²) in [4.78, 5) is 21.6. The summed E-state index contributed by atoms with van der Waals surface area (Å²) in [6, 6.07) is 4.90. The maximum atomic E-state index is 12.8. The molecule has 1 aliphatic rings. The van der Waals surface area contributed by atoms with Crippen LogP contribution in [0.5, 0.6) is 11.8 Å². The number of nitrogens with zero attached hydrogens (tertiary/aromatic N) is 3. The van der Waals surface area contributed by atoms with Gasteiger partial charge in [-0.3, -0.25) is 4.79 Å². The smallest absolute Gasteiger partial charge is 0.316 e. The van der Waals surface area contributed by atoms with Crippen LogP contribution < -0.4 is 9.47 Å². The molecule has 1 aliphatic heterocycles. The highest BCUT2D eigenvalue weighted by Gasteiger charge is 2.26. The van der Waals surface area contributed by atoms with Crippen molar-refractivity contribution in [3.05, 3.63) is 46.5 Å². The van der Waals surface area contributed by atoms with Gasteiger partial charge in [0.1, 0.15) is 11.9 Å². The van der Waals surface area contributed by atoms with E-state index in [0.717, 1.165) is 25.2 Å². The van der Waals surface area contributed by atoms with Crippen molar-refractivity contribution in [3.63, 3.8) is 0 Å². The van der Waals surface area contributed by atoms with E-state index in [4.69, 9.17) is 32.7 Å². The molecule has 0 bridgehead atoms. The molecular weight excluding hydrogens is 384 g/mol. The highest BCUT2D eigenvalue weighted by atomic mass is 35.5. The fraction of sp³-hybridized carbons (Fsp3) is 0.353. The first-order chi connectivity index (χ1) is 12.5. The summed E-state index contributed by atoms with van der Waals surface area (Å²) in [5.41, 5.74) is 0. The molecule has 138 valence electrons. The lowest BCUT2D eigenvalue weighted by atomic mass is 10.1. The summed E-state index contributed by atoms with van der Waals surface area (Å²) >= 11 is 11.9. The van der Waals surface area contributed by atoms with E-state index in [9.17, 15) is 9.18 Å². The van der Waals surface area contributed by atoms with Gasteiger partial charge < -0.3 is 14.4 Å². The lowest BCUT2D eigenvalue weighted by Gasteiger charge is -2.32. The van der Waals surface area contributed by atoms with Crippen molar-refractivity contribution in [2.75, 3.05) is 19.7 Å². The number of aromatic nitrogens is 2. The molecule has 0 aliphatic carbocycles. The zero-order valence-electron chi connectivity index (χ0n) is 13.7. The van der Waals surface area contributed by atoms with Crippen LogP contribution in [0.15, 0.2) is 30.6 Å². The van der Waals surface area contributed by atoms with Gasteiger partial charge in [-0.15, -0.1) is 0 Å². The third-order valence-electron chi connectivity index (χ3n) is 3.84. The van der Waals surface area contributed by atoms with Gasteiger partial charge in [0, 0.05) is 11.6 Å². The molecule has 0 spiro atoms. The number of piperidine rings is 1. The third-order valence-corrected chi connectivity index (χ3v) is 4.38.